The van der Waals surface area contributed by atoms with E-state index in [1.165, 1.54) is 35.2 Å². The number of carbonyl (C=O) groups is 1. The monoisotopic (exact) mass is 498 g/mol. The number of aromatic nitrogens is 2. The largest absolute Gasteiger partial charge is 0.362 e. The molecule has 1 fully saturated rings. The number of carbonyl (C=O) groups excluding carboxylic acids is 1. The summed E-state index contributed by atoms with van der Waals surface area (Å²) >= 11 is 0. The van der Waals surface area contributed by atoms with E-state index in [4.69, 9.17) is 15.7 Å². The molecule has 7 nitrogen and oxygen atoms in total. The normalized spacial score (nSPS) is 19.1. The second kappa shape index (κ2) is 11.2. The van der Waals surface area contributed by atoms with Gasteiger partial charge in [0.1, 0.15) is 5.82 Å². The fraction of sp³-hybridized carbons (Fsp3) is 0.433. The van der Waals surface area contributed by atoms with Gasteiger partial charge in [-0.25, -0.2) is 9.78 Å². The topological polar surface area (TPSA) is 87.4 Å². The summed E-state index contributed by atoms with van der Waals surface area (Å²) in [6.07, 6.45) is 9.01. The number of rotatable bonds is 7. The van der Waals surface area contributed by atoms with Crippen molar-refractivity contribution in [1.82, 2.24) is 9.97 Å². The van der Waals surface area contributed by atoms with Gasteiger partial charge >= 0.3 is 6.03 Å². The molecule has 3 aromatic rings. The Morgan fingerprint density at radius 1 is 0.919 bits per heavy atom. The number of hydrogen-bond donors (Lipinski definition) is 2. The number of urea groups is 1. The molecule has 0 saturated heterocycles. The molecule has 3 N–H and O–H groups in total. The third kappa shape index (κ3) is 5.87. The summed E-state index contributed by atoms with van der Waals surface area (Å²) in [5.74, 6) is 1.77. The summed E-state index contributed by atoms with van der Waals surface area (Å²) in [5.41, 5.74) is 11.7. The minimum Gasteiger partial charge on any atom is -0.362 e. The Balaban J connectivity index is 1.23. The average molecular weight is 499 g/mol. The third-order valence-electron chi connectivity index (χ3n) is 7.68. The molecule has 0 unspecified atom stereocenters. The molecule has 37 heavy (non-hydrogen) atoms. The number of fused-ring (bicyclic) bond motifs is 1. The third-order valence-corrected chi connectivity index (χ3v) is 7.68. The summed E-state index contributed by atoms with van der Waals surface area (Å²) < 4.78 is 0. The lowest BCUT2D eigenvalue weighted by Crippen LogP contribution is -2.46. The number of aryl methyl sites for hydroxylation is 1. The van der Waals surface area contributed by atoms with Gasteiger partial charge in [0.2, 0.25) is 5.95 Å². The molecule has 1 saturated carbocycles. The minimum atomic E-state index is -0.388. The zero-order valence-corrected chi connectivity index (χ0v) is 22.0. The summed E-state index contributed by atoms with van der Waals surface area (Å²) in [5, 5.41) is 3.60. The Bertz CT molecular complexity index is 1200. The summed E-state index contributed by atoms with van der Waals surface area (Å²) in [6, 6.07) is 18.7. The van der Waals surface area contributed by atoms with E-state index in [0.717, 1.165) is 62.4 Å². The lowest BCUT2D eigenvalue weighted by Gasteiger charge is -2.36. The van der Waals surface area contributed by atoms with Crippen LogP contribution in [0.15, 0.2) is 54.6 Å². The molecular formula is C30H38N6O. The lowest BCUT2D eigenvalue weighted by atomic mass is 9.90. The number of nitrogens with two attached hydrogens (primary N) is 1. The Morgan fingerprint density at radius 3 is 2.27 bits per heavy atom. The van der Waals surface area contributed by atoms with Crippen molar-refractivity contribution < 1.29 is 4.79 Å². The van der Waals surface area contributed by atoms with E-state index >= 15 is 0 Å². The average Bonchev–Trinajstić information content (AvgIpc) is 2.91. The smallest absolute Gasteiger partial charge is 0.319 e. The predicted octanol–water partition coefficient (Wildman–Crippen LogP) is 5.32. The first-order valence-corrected chi connectivity index (χ1v) is 13.5. The molecule has 0 radical (unpaired) electrons. The molecule has 1 aromatic heterocycles. The van der Waals surface area contributed by atoms with Crippen LogP contribution < -0.4 is 20.9 Å². The Kier molecular flexibility index (Phi) is 7.58. The van der Waals surface area contributed by atoms with Gasteiger partial charge in [-0.3, -0.25) is 4.90 Å². The van der Waals surface area contributed by atoms with E-state index in [0.29, 0.717) is 0 Å². The number of nitrogens with one attached hydrogen (secondary N) is 1. The first-order chi connectivity index (χ1) is 18.0. The molecule has 1 heterocycles. The van der Waals surface area contributed by atoms with Crippen LogP contribution in [0.5, 0.6) is 0 Å². The Hall–Kier alpha value is -3.61. The molecule has 2 amide bonds. The van der Waals surface area contributed by atoms with Gasteiger partial charge in [-0.15, -0.1) is 0 Å². The fourth-order valence-corrected chi connectivity index (χ4v) is 5.79. The van der Waals surface area contributed by atoms with Gasteiger partial charge in [-0.05, 0) is 81.0 Å². The van der Waals surface area contributed by atoms with Crippen LogP contribution in [0.1, 0.15) is 60.9 Å². The van der Waals surface area contributed by atoms with E-state index < -0.39 is 0 Å². The highest BCUT2D eigenvalue weighted by atomic mass is 16.2. The van der Waals surface area contributed by atoms with Crippen LogP contribution in [-0.4, -0.2) is 42.2 Å². The number of nitrogens with zero attached hydrogens (tertiary/aromatic N) is 4. The van der Waals surface area contributed by atoms with Crippen LogP contribution >= 0.6 is 0 Å². The summed E-state index contributed by atoms with van der Waals surface area (Å²) in [4.78, 5) is 26.1. The van der Waals surface area contributed by atoms with Crippen LogP contribution in [0.3, 0.4) is 0 Å². The summed E-state index contributed by atoms with van der Waals surface area (Å²) in [7, 11) is 4.11. The van der Waals surface area contributed by atoms with Crippen LogP contribution in [0.25, 0.3) is 0 Å². The summed E-state index contributed by atoms with van der Waals surface area (Å²) in [6.45, 7) is 0. The number of benzene rings is 2. The van der Waals surface area contributed by atoms with Crippen molar-refractivity contribution in [3.63, 3.8) is 0 Å². The molecule has 2 aliphatic rings. The van der Waals surface area contributed by atoms with Crippen molar-refractivity contribution in [2.24, 2.45) is 5.73 Å². The molecule has 0 atom stereocenters. The highest BCUT2D eigenvalue weighted by molar-refractivity contribution is 5.91. The number of anilines is 3. The highest BCUT2D eigenvalue weighted by Gasteiger charge is 2.30. The zero-order valence-electron chi connectivity index (χ0n) is 22.0. The zero-order chi connectivity index (χ0) is 25.8. The molecular weight excluding hydrogens is 460 g/mol. The first kappa shape index (κ1) is 25.1. The van der Waals surface area contributed by atoms with Crippen molar-refractivity contribution in [3.8, 4) is 0 Å². The van der Waals surface area contributed by atoms with E-state index in [2.05, 4.69) is 60.7 Å². The molecule has 194 valence electrons. The number of amides is 2. The molecule has 7 heteroatoms. The standard InChI is InChI=1S/C30H38N6O/c1-35(2)28-26-10-6-7-11-27(26)33-30(34-28)32-23-14-18-25(19-15-23)36(29(31)37)24-16-12-22(13-17-24)20-21-8-4-3-5-9-21/h3-5,8-9,12-13,16-17,23,25H,6-7,10-11,14-15,18-20H2,1-2H3,(H2,31,37)(H,32,33,34)/t23-,25+. The van der Waals surface area contributed by atoms with Gasteiger partial charge in [-0.2, -0.15) is 4.98 Å². The minimum absolute atomic E-state index is 0.0947. The quantitative estimate of drug-likeness (QED) is 0.460. The van der Waals surface area contributed by atoms with Crippen molar-refractivity contribution in [2.75, 3.05) is 29.2 Å². The van der Waals surface area contributed by atoms with Crippen LogP contribution in [0.4, 0.5) is 22.2 Å². The van der Waals surface area contributed by atoms with Gasteiger partial charge in [0, 0.05) is 37.4 Å². The van der Waals surface area contributed by atoms with Gasteiger partial charge < -0.3 is 16.0 Å². The van der Waals surface area contributed by atoms with Gasteiger partial charge in [0.25, 0.3) is 0 Å². The van der Waals surface area contributed by atoms with E-state index in [1.54, 1.807) is 4.90 Å². The van der Waals surface area contributed by atoms with Crippen molar-refractivity contribution in [1.29, 1.82) is 0 Å². The van der Waals surface area contributed by atoms with Crippen LogP contribution in [-0.2, 0) is 19.3 Å². The van der Waals surface area contributed by atoms with Crippen LogP contribution in [0.2, 0.25) is 0 Å². The van der Waals surface area contributed by atoms with E-state index in [-0.39, 0.29) is 18.1 Å². The second-order valence-corrected chi connectivity index (χ2v) is 10.6. The highest BCUT2D eigenvalue weighted by Crippen LogP contribution is 2.31. The number of hydrogen-bond acceptors (Lipinski definition) is 5. The van der Waals surface area contributed by atoms with Crippen molar-refractivity contribution in [3.05, 3.63) is 77.0 Å². The van der Waals surface area contributed by atoms with E-state index in [1.807, 2.05) is 18.2 Å². The van der Waals surface area contributed by atoms with E-state index in [9.17, 15) is 4.79 Å². The molecule has 0 bridgehead atoms. The molecule has 5 rings (SSSR count). The SMILES string of the molecule is CN(C)c1nc(N[C@H]2CC[C@@H](N(C(N)=O)c3ccc(Cc4ccccc4)cc3)CC2)nc2c1CCCC2. The second-order valence-electron chi connectivity index (χ2n) is 10.6. The predicted molar refractivity (Wildman–Crippen MR) is 150 cm³/mol. The molecule has 0 spiro atoms. The Labute approximate surface area is 220 Å². The molecule has 0 aliphatic heterocycles. The van der Waals surface area contributed by atoms with Gasteiger partial charge in [0.15, 0.2) is 0 Å². The fourth-order valence-electron chi connectivity index (χ4n) is 5.79. The first-order valence-electron chi connectivity index (χ1n) is 13.5. The molecule has 2 aliphatic carbocycles. The van der Waals surface area contributed by atoms with Gasteiger partial charge in [-0.1, -0.05) is 42.5 Å². The maximum atomic E-state index is 12.5. The maximum Gasteiger partial charge on any atom is 0.319 e. The van der Waals surface area contributed by atoms with Crippen LogP contribution in [0, 0.1) is 0 Å². The molecule has 2 aromatic carbocycles. The van der Waals surface area contributed by atoms with Gasteiger partial charge in [0.05, 0.1) is 5.69 Å². The lowest BCUT2D eigenvalue weighted by molar-refractivity contribution is 0.248. The van der Waals surface area contributed by atoms with Crippen molar-refractivity contribution in [2.45, 2.75) is 69.9 Å². The Morgan fingerprint density at radius 2 is 1.59 bits per heavy atom. The van der Waals surface area contributed by atoms with Crippen molar-refractivity contribution >= 4 is 23.5 Å². The number of primary amides is 1. The maximum absolute atomic E-state index is 12.5.